The molecule has 3 N–H and O–H groups in total. The summed E-state index contributed by atoms with van der Waals surface area (Å²) >= 11 is 4.53. The van der Waals surface area contributed by atoms with Crippen LogP contribution in [0, 0.1) is 0 Å². The lowest BCUT2D eigenvalue weighted by atomic mass is 10.1. The Labute approximate surface area is 178 Å². The number of ether oxygens (including phenoxy) is 1. The van der Waals surface area contributed by atoms with Gasteiger partial charge in [-0.2, -0.15) is 0 Å². The Hall–Kier alpha value is -1.31. The molecule has 1 aromatic rings. The normalized spacial score (nSPS) is 11.5. The third kappa shape index (κ3) is 7.93. The largest absolute Gasteiger partial charge is 0.481 e. The second-order valence-electron chi connectivity index (χ2n) is 5.19. The average Bonchev–Trinajstić information content (AvgIpc) is 2.58. The number of carbonyl (C=O) groups excluding carboxylic acids is 1. The Morgan fingerprint density at radius 2 is 1.73 bits per heavy atom. The van der Waals surface area contributed by atoms with Crippen molar-refractivity contribution in [2.75, 3.05) is 26.8 Å². The highest BCUT2D eigenvalue weighted by molar-refractivity contribution is 14.1. The molecule has 0 aliphatic rings. The number of benzene rings is 1. The number of aliphatic carboxylic acids is 2. The maximum absolute atomic E-state index is 12.1. The first kappa shape index (κ1) is 22.7. The van der Waals surface area contributed by atoms with Crippen LogP contribution in [0.15, 0.2) is 24.3 Å². The van der Waals surface area contributed by atoms with Gasteiger partial charge in [0.1, 0.15) is 6.04 Å². The summed E-state index contributed by atoms with van der Waals surface area (Å²) < 4.78 is 7.09. The number of rotatable bonds is 11. The standard InChI is InChI=1S/C16H20I2N2O6/c17-7-9-20(10-8-18)12-3-1-2-4-13(12)26-16(25)19-11(15(23)24)5-6-14(21)22/h1-4,11H,5-10H2,(H,19,25)(H,21,22)(H,23,24)/t11-/m0/s1. The predicted molar refractivity (Wildman–Crippen MR) is 114 cm³/mol. The van der Waals surface area contributed by atoms with E-state index in [9.17, 15) is 14.4 Å². The van der Waals surface area contributed by atoms with Crippen molar-refractivity contribution in [1.82, 2.24) is 5.32 Å². The van der Waals surface area contributed by atoms with Crippen LogP contribution in [0.5, 0.6) is 5.75 Å². The van der Waals surface area contributed by atoms with E-state index in [4.69, 9.17) is 14.9 Å². The van der Waals surface area contributed by atoms with E-state index in [1.807, 2.05) is 12.1 Å². The molecular formula is C16H20I2N2O6. The number of amides is 1. The Bertz CT molecular complexity index is 623. The molecule has 0 heterocycles. The van der Waals surface area contributed by atoms with Crippen LogP contribution in [0.4, 0.5) is 10.5 Å². The third-order valence-corrected chi connectivity index (χ3v) is 4.32. The van der Waals surface area contributed by atoms with Crippen molar-refractivity contribution in [1.29, 1.82) is 0 Å². The number of para-hydroxylation sites is 2. The minimum absolute atomic E-state index is 0.225. The van der Waals surface area contributed by atoms with Crippen LogP contribution in [-0.2, 0) is 9.59 Å². The first-order valence-corrected chi connectivity index (χ1v) is 10.8. The van der Waals surface area contributed by atoms with E-state index in [0.717, 1.165) is 27.6 Å². The zero-order valence-electron chi connectivity index (χ0n) is 13.9. The minimum atomic E-state index is -1.33. The fourth-order valence-corrected chi connectivity index (χ4v) is 3.32. The maximum Gasteiger partial charge on any atom is 0.413 e. The number of hydrogen-bond acceptors (Lipinski definition) is 5. The van der Waals surface area contributed by atoms with Gasteiger partial charge in [-0.3, -0.25) is 4.79 Å². The van der Waals surface area contributed by atoms with Crippen molar-refractivity contribution < 1.29 is 29.3 Å². The average molecular weight is 590 g/mol. The van der Waals surface area contributed by atoms with Gasteiger partial charge in [-0.05, 0) is 18.6 Å². The zero-order valence-corrected chi connectivity index (χ0v) is 18.2. The van der Waals surface area contributed by atoms with Crippen molar-refractivity contribution in [2.45, 2.75) is 18.9 Å². The molecule has 0 saturated carbocycles. The summed E-state index contributed by atoms with van der Waals surface area (Å²) in [6, 6.07) is 5.69. The molecule has 0 aromatic heterocycles. The topological polar surface area (TPSA) is 116 Å². The van der Waals surface area contributed by atoms with Gasteiger partial charge < -0.3 is 25.2 Å². The highest BCUT2D eigenvalue weighted by atomic mass is 127. The molecule has 0 unspecified atom stereocenters. The summed E-state index contributed by atoms with van der Waals surface area (Å²) in [5.41, 5.74) is 0.744. The van der Waals surface area contributed by atoms with Crippen LogP contribution < -0.4 is 15.0 Å². The van der Waals surface area contributed by atoms with Gasteiger partial charge in [0.05, 0.1) is 5.69 Å². The van der Waals surface area contributed by atoms with Crippen LogP contribution >= 0.6 is 45.2 Å². The van der Waals surface area contributed by atoms with Crippen LogP contribution in [-0.4, -0.2) is 56.2 Å². The van der Waals surface area contributed by atoms with Crippen LogP contribution in [0.2, 0.25) is 0 Å². The second kappa shape index (κ2) is 12.1. The number of carbonyl (C=O) groups is 3. The molecule has 1 atom stereocenters. The smallest absolute Gasteiger partial charge is 0.413 e. The van der Waals surface area contributed by atoms with Gasteiger partial charge in [0.2, 0.25) is 0 Å². The number of carboxylic acid groups (broad SMARTS) is 2. The molecule has 0 saturated heterocycles. The van der Waals surface area contributed by atoms with E-state index < -0.39 is 24.1 Å². The number of nitrogens with one attached hydrogen (secondary N) is 1. The number of hydrogen-bond donors (Lipinski definition) is 3. The van der Waals surface area contributed by atoms with Gasteiger partial charge in [-0.1, -0.05) is 57.3 Å². The highest BCUT2D eigenvalue weighted by Crippen LogP contribution is 2.28. The van der Waals surface area contributed by atoms with Crippen molar-refractivity contribution in [3.8, 4) is 5.75 Å². The van der Waals surface area contributed by atoms with E-state index in [2.05, 4.69) is 55.4 Å². The van der Waals surface area contributed by atoms with Gasteiger partial charge in [0, 0.05) is 28.4 Å². The summed E-state index contributed by atoms with van der Waals surface area (Å²) in [5, 5.41) is 20.0. The van der Waals surface area contributed by atoms with Crippen LogP contribution in [0.25, 0.3) is 0 Å². The quantitative estimate of drug-likeness (QED) is 0.268. The van der Waals surface area contributed by atoms with Gasteiger partial charge in [-0.25, -0.2) is 9.59 Å². The van der Waals surface area contributed by atoms with E-state index in [1.54, 1.807) is 12.1 Å². The minimum Gasteiger partial charge on any atom is -0.481 e. The SMILES string of the molecule is O=C(O)CC[C@H](NC(=O)Oc1ccccc1N(CCI)CCI)C(=O)O. The van der Waals surface area contributed by atoms with Gasteiger partial charge in [0.25, 0.3) is 0 Å². The molecule has 26 heavy (non-hydrogen) atoms. The summed E-state index contributed by atoms with van der Waals surface area (Å²) in [7, 11) is 0. The van der Waals surface area contributed by atoms with Crippen molar-refractivity contribution in [3.05, 3.63) is 24.3 Å². The molecule has 0 aliphatic heterocycles. The Morgan fingerprint density at radius 3 is 2.27 bits per heavy atom. The number of nitrogens with zero attached hydrogens (tertiary/aromatic N) is 1. The lowest BCUT2D eigenvalue weighted by Crippen LogP contribution is -2.42. The van der Waals surface area contributed by atoms with Crippen LogP contribution in [0.1, 0.15) is 12.8 Å². The molecule has 10 heteroatoms. The lowest BCUT2D eigenvalue weighted by molar-refractivity contribution is -0.140. The third-order valence-electron chi connectivity index (χ3n) is 3.35. The fraction of sp³-hybridized carbons (Fsp3) is 0.438. The second-order valence-corrected chi connectivity index (χ2v) is 7.35. The first-order chi connectivity index (χ1) is 12.4. The summed E-state index contributed by atoms with van der Waals surface area (Å²) in [6.45, 7) is 1.56. The molecule has 8 nitrogen and oxygen atoms in total. The number of alkyl halides is 2. The van der Waals surface area contributed by atoms with E-state index >= 15 is 0 Å². The summed E-state index contributed by atoms with van der Waals surface area (Å²) in [4.78, 5) is 36.0. The Morgan fingerprint density at radius 1 is 1.12 bits per heavy atom. The molecule has 0 bridgehead atoms. The molecule has 1 amide bonds. The molecule has 0 fully saturated rings. The highest BCUT2D eigenvalue weighted by Gasteiger charge is 2.23. The molecule has 1 aromatic carbocycles. The molecule has 144 valence electrons. The molecule has 0 aliphatic carbocycles. The molecule has 0 spiro atoms. The first-order valence-electron chi connectivity index (χ1n) is 7.77. The predicted octanol–water partition coefficient (Wildman–Crippen LogP) is 2.77. The van der Waals surface area contributed by atoms with E-state index in [1.165, 1.54) is 0 Å². The molecular weight excluding hydrogens is 570 g/mol. The van der Waals surface area contributed by atoms with Gasteiger partial charge in [-0.15, -0.1) is 0 Å². The van der Waals surface area contributed by atoms with Gasteiger partial charge in [0.15, 0.2) is 5.75 Å². The van der Waals surface area contributed by atoms with Gasteiger partial charge >= 0.3 is 18.0 Å². The molecule has 0 radical (unpaired) electrons. The Balaban J connectivity index is 2.85. The lowest BCUT2D eigenvalue weighted by Gasteiger charge is -2.25. The number of carboxylic acids is 2. The maximum atomic E-state index is 12.1. The molecule has 1 rings (SSSR count). The fourth-order valence-electron chi connectivity index (χ4n) is 2.16. The van der Waals surface area contributed by atoms with E-state index in [-0.39, 0.29) is 12.8 Å². The van der Waals surface area contributed by atoms with E-state index in [0.29, 0.717) is 5.75 Å². The van der Waals surface area contributed by atoms with Crippen LogP contribution in [0.3, 0.4) is 0 Å². The monoisotopic (exact) mass is 590 g/mol. The number of anilines is 1. The van der Waals surface area contributed by atoms with Crippen molar-refractivity contribution in [3.63, 3.8) is 0 Å². The summed E-state index contributed by atoms with van der Waals surface area (Å²) in [6.07, 6.45) is -1.52. The summed E-state index contributed by atoms with van der Waals surface area (Å²) in [5.74, 6) is -2.12. The van der Waals surface area contributed by atoms with Crippen molar-refractivity contribution in [2.24, 2.45) is 0 Å². The Kier molecular flexibility index (Phi) is 10.6. The number of halogens is 2. The van der Waals surface area contributed by atoms with Crippen molar-refractivity contribution >= 4 is 68.9 Å². The zero-order chi connectivity index (χ0) is 19.5.